The molecule has 0 aliphatic carbocycles. The van der Waals surface area contributed by atoms with Crippen LogP contribution in [0.4, 0.5) is 10.5 Å². The third-order valence-corrected chi connectivity index (χ3v) is 2.96. The molecule has 0 spiro atoms. The quantitative estimate of drug-likeness (QED) is 0.743. The summed E-state index contributed by atoms with van der Waals surface area (Å²) >= 11 is 0. The van der Waals surface area contributed by atoms with E-state index in [2.05, 4.69) is 0 Å². The molecule has 1 aromatic rings. The Balaban J connectivity index is 2.74. The Kier molecular flexibility index (Phi) is 6.69. The number of anilines is 1. The van der Waals surface area contributed by atoms with Crippen LogP contribution in [0, 0.1) is 0 Å². The second-order valence-corrected chi connectivity index (χ2v) is 5.97. The van der Waals surface area contributed by atoms with Crippen molar-refractivity contribution in [1.29, 1.82) is 0 Å². The average Bonchev–Trinajstić information content (AvgIpc) is 2.41. The van der Waals surface area contributed by atoms with Gasteiger partial charge in [0, 0.05) is 25.9 Å². The normalized spacial score (nSPS) is 11.3. The zero-order chi connectivity index (χ0) is 15.9. The van der Waals surface area contributed by atoms with Crippen LogP contribution in [0.25, 0.3) is 0 Å². The molecule has 0 heterocycles. The van der Waals surface area contributed by atoms with Gasteiger partial charge in [-0.3, -0.25) is 4.90 Å². The third kappa shape index (κ3) is 6.17. The van der Waals surface area contributed by atoms with Crippen LogP contribution in [0.5, 0.6) is 0 Å². The van der Waals surface area contributed by atoms with Crippen molar-refractivity contribution in [2.24, 2.45) is 0 Å². The molecule has 0 N–H and O–H groups in total. The van der Waals surface area contributed by atoms with Gasteiger partial charge in [-0.05, 0) is 52.2 Å². The maximum atomic E-state index is 12.2. The molecule has 21 heavy (non-hydrogen) atoms. The van der Waals surface area contributed by atoms with E-state index in [0.717, 1.165) is 37.3 Å². The number of carbonyl (C=O) groups is 1. The molecule has 0 aromatic heterocycles. The summed E-state index contributed by atoms with van der Waals surface area (Å²) in [5, 5.41) is 0. The highest BCUT2D eigenvalue weighted by Gasteiger charge is 2.21. The molecule has 4 nitrogen and oxygen atoms in total. The number of carbonyl (C=O) groups excluding carboxylic acids is 1. The van der Waals surface area contributed by atoms with Crippen molar-refractivity contribution in [2.45, 2.75) is 46.1 Å². The maximum absolute atomic E-state index is 12.2. The molecule has 0 saturated carbocycles. The first-order valence-corrected chi connectivity index (χ1v) is 7.47. The molecule has 0 unspecified atom stereocenters. The van der Waals surface area contributed by atoms with Gasteiger partial charge in [0.05, 0.1) is 0 Å². The number of aryl methyl sites for hydroxylation is 1. The lowest BCUT2D eigenvalue weighted by Crippen LogP contribution is -2.34. The van der Waals surface area contributed by atoms with Crippen molar-refractivity contribution in [1.82, 2.24) is 0 Å². The molecule has 0 aliphatic rings. The highest BCUT2D eigenvalue weighted by molar-refractivity contribution is 5.88. The fourth-order valence-electron chi connectivity index (χ4n) is 1.99. The van der Waals surface area contributed by atoms with Crippen LogP contribution in [0.3, 0.4) is 0 Å². The van der Waals surface area contributed by atoms with Crippen LogP contribution in [0.15, 0.2) is 24.3 Å². The Bertz CT molecular complexity index is 452. The fourth-order valence-corrected chi connectivity index (χ4v) is 1.99. The predicted octanol–water partition coefficient (Wildman–Crippen LogP) is 4.03. The molecule has 4 heteroatoms. The Morgan fingerprint density at radius 2 is 1.90 bits per heavy atom. The second kappa shape index (κ2) is 8.03. The van der Waals surface area contributed by atoms with Gasteiger partial charge in [0.15, 0.2) is 0 Å². The average molecular weight is 293 g/mol. The van der Waals surface area contributed by atoms with Gasteiger partial charge in [-0.15, -0.1) is 0 Å². The molecule has 1 aromatic carbocycles. The minimum atomic E-state index is -0.491. The van der Waals surface area contributed by atoms with Gasteiger partial charge in [0.25, 0.3) is 0 Å². The van der Waals surface area contributed by atoms with Crippen LogP contribution in [-0.2, 0) is 15.9 Å². The summed E-state index contributed by atoms with van der Waals surface area (Å²) in [5.41, 5.74) is 1.53. The number of amides is 1. The van der Waals surface area contributed by atoms with Gasteiger partial charge in [-0.1, -0.05) is 18.2 Å². The van der Waals surface area contributed by atoms with Crippen molar-refractivity contribution >= 4 is 11.8 Å². The summed E-state index contributed by atoms with van der Waals surface area (Å²) in [6, 6.07) is 7.91. The fraction of sp³-hybridized carbons (Fsp3) is 0.588. The lowest BCUT2D eigenvalue weighted by Gasteiger charge is -2.26. The van der Waals surface area contributed by atoms with Crippen molar-refractivity contribution < 1.29 is 14.3 Å². The largest absolute Gasteiger partial charge is 0.443 e. The second-order valence-electron chi connectivity index (χ2n) is 5.97. The molecule has 1 amide bonds. The van der Waals surface area contributed by atoms with Crippen molar-refractivity contribution in [3.63, 3.8) is 0 Å². The molecule has 1 rings (SSSR count). The number of benzene rings is 1. The SMILES string of the molecule is CCOCCCc1ccccc1N(C)C(=O)OC(C)(C)C. The standard InChI is InChI=1S/C17H27NO3/c1-6-20-13-9-11-14-10-7-8-12-15(14)18(5)16(19)21-17(2,3)4/h7-8,10,12H,6,9,11,13H2,1-5H3. The van der Waals surface area contributed by atoms with Gasteiger partial charge in [0.2, 0.25) is 0 Å². The molecule has 0 atom stereocenters. The van der Waals surface area contributed by atoms with E-state index in [4.69, 9.17) is 9.47 Å². The summed E-state index contributed by atoms with van der Waals surface area (Å²) in [6.07, 6.45) is 1.48. The topological polar surface area (TPSA) is 38.8 Å². The summed E-state index contributed by atoms with van der Waals surface area (Å²) in [6.45, 7) is 9.07. The molecular formula is C17H27NO3. The summed E-state index contributed by atoms with van der Waals surface area (Å²) in [4.78, 5) is 13.7. The third-order valence-electron chi connectivity index (χ3n) is 2.96. The maximum Gasteiger partial charge on any atom is 0.414 e. The summed E-state index contributed by atoms with van der Waals surface area (Å²) in [5.74, 6) is 0. The molecular weight excluding hydrogens is 266 g/mol. The Morgan fingerprint density at radius 3 is 2.52 bits per heavy atom. The monoisotopic (exact) mass is 293 g/mol. The van der Waals surface area contributed by atoms with Crippen molar-refractivity contribution in [2.75, 3.05) is 25.2 Å². The molecule has 0 saturated heterocycles. The first kappa shape index (κ1) is 17.5. The van der Waals surface area contributed by atoms with Crippen LogP contribution in [-0.4, -0.2) is 32.0 Å². The number of ether oxygens (including phenoxy) is 2. The molecule has 0 bridgehead atoms. The van der Waals surface area contributed by atoms with E-state index in [9.17, 15) is 4.79 Å². The first-order chi connectivity index (χ1) is 9.85. The Hall–Kier alpha value is -1.55. The smallest absolute Gasteiger partial charge is 0.414 e. The van der Waals surface area contributed by atoms with Crippen LogP contribution >= 0.6 is 0 Å². The number of hydrogen-bond donors (Lipinski definition) is 0. The van der Waals surface area contributed by atoms with Crippen LogP contribution < -0.4 is 4.90 Å². The Morgan fingerprint density at radius 1 is 1.24 bits per heavy atom. The lowest BCUT2D eigenvalue weighted by molar-refractivity contribution is 0.0589. The minimum absolute atomic E-state index is 0.334. The predicted molar refractivity (Wildman–Crippen MR) is 85.9 cm³/mol. The Labute approximate surface area is 128 Å². The zero-order valence-electron chi connectivity index (χ0n) is 13.8. The van der Waals surface area contributed by atoms with E-state index in [0.29, 0.717) is 0 Å². The lowest BCUT2D eigenvalue weighted by atomic mass is 10.1. The van der Waals surface area contributed by atoms with Gasteiger partial charge >= 0.3 is 6.09 Å². The van der Waals surface area contributed by atoms with E-state index in [1.807, 2.05) is 52.0 Å². The van der Waals surface area contributed by atoms with Gasteiger partial charge in [-0.25, -0.2) is 4.79 Å². The first-order valence-electron chi connectivity index (χ1n) is 7.47. The molecule has 0 fully saturated rings. The van der Waals surface area contributed by atoms with Gasteiger partial charge in [0.1, 0.15) is 5.60 Å². The van der Waals surface area contributed by atoms with E-state index < -0.39 is 5.60 Å². The number of para-hydroxylation sites is 1. The van der Waals surface area contributed by atoms with Gasteiger partial charge < -0.3 is 9.47 Å². The van der Waals surface area contributed by atoms with E-state index in [-0.39, 0.29) is 6.09 Å². The van der Waals surface area contributed by atoms with Gasteiger partial charge in [-0.2, -0.15) is 0 Å². The summed E-state index contributed by atoms with van der Waals surface area (Å²) in [7, 11) is 1.75. The number of rotatable bonds is 6. The highest BCUT2D eigenvalue weighted by atomic mass is 16.6. The van der Waals surface area contributed by atoms with Crippen molar-refractivity contribution in [3.05, 3.63) is 29.8 Å². The van der Waals surface area contributed by atoms with E-state index in [1.54, 1.807) is 11.9 Å². The van der Waals surface area contributed by atoms with Crippen LogP contribution in [0.2, 0.25) is 0 Å². The highest BCUT2D eigenvalue weighted by Crippen LogP contribution is 2.22. The van der Waals surface area contributed by atoms with E-state index >= 15 is 0 Å². The van der Waals surface area contributed by atoms with E-state index in [1.165, 1.54) is 0 Å². The van der Waals surface area contributed by atoms with Crippen molar-refractivity contribution in [3.8, 4) is 0 Å². The summed E-state index contributed by atoms with van der Waals surface area (Å²) < 4.78 is 10.8. The number of nitrogens with zero attached hydrogens (tertiary/aromatic N) is 1. The van der Waals surface area contributed by atoms with Crippen LogP contribution in [0.1, 0.15) is 39.7 Å². The molecule has 0 aliphatic heterocycles. The number of hydrogen-bond acceptors (Lipinski definition) is 3. The zero-order valence-corrected chi connectivity index (χ0v) is 13.8. The minimum Gasteiger partial charge on any atom is -0.443 e. The molecule has 0 radical (unpaired) electrons. The molecule has 118 valence electrons.